The van der Waals surface area contributed by atoms with Crippen LogP contribution in [0.1, 0.15) is 18.9 Å². The Hall–Kier alpha value is -2.64. The van der Waals surface area contributed by atoms with Crippen molar-refractivity contribution in [1.29, 1.82) is 0 Å². The second-order valence-electron chi connectivity index (χ2n) is 8.61. The maximum absolute atomic E-state index is 13.4. The van der Waals surface area contributed by atoms with E-state index >= 15 is 0 Å². The molecule has 5 nitrogen and oxygen atoms in total. The number of halogens is 3. The number of para-hydroxylation sites is 1. The van der Waals surface area contributed by atoms with Gasteiger partial charge in [0.2, 0.25) is 11.8 Å². The molecule has 0 spiro atoms. The molecule has 2 saturated carbocycles. The number of allylic oxidation sites excluding steroid dienone is 2. The summed E-state index contributed by atoms with van der Waals surface area (Å²) in [7, 11) is 0. The fourth-order valence-corrected chi connectivity index (χ4v) is 5.78. The lowest BCUT2D eigenvalue weighted by molar-refractivity contribution is -0.171. The zero-order valence-electron chi connectivity index (χ0n) is 16.3. The molecule has 8 heteroatoms. The molecule has 6 rings (SSSR count). The summed E-state index contributed by atoms with van der Waals surface area (Å²) in [4.78, 5) is 40.0. The van der Waals surface area contributed by atoms with Crippen LogP contribution in [0.5, 0.6) is 0 Å². The number of hydrogen-bond donors (Lipinski definition) is 0. The normalized spacial score (nSPS) is 33.5. The van der Waals surface area contributed by atoms with Crippen molar-refractivity contribution in [3.63, 3.8) is 0 Å². The van der Waals surface area contributed by atoms with Crippen LogP contribution in [-0.2, 0) is 20.8 Å². The van der Waals surface area contributed by atoms with Crippen molar-refractivity contribution in [3.8, 4) is 0 Å². The van der Waals surface area contributed by atoms with Gasteiger partial charge in [-0.2, -0.15) is 13.2 Å². The quantitative estimate of drug-likeness (QED) is 0.558. The summed E-state index contributed by atoms with van der Waals surface area (Å²) in [5, 5.41) is 0. The molecule has 158 valence electrons. The Kier molecular flexibility index (Phi) is 4.14. The Balaban J connectivity index is 1.49. The largest absolute Gasteiger partial charge is 0.471 e. The number of nitrogens with zero attached hydrogens (tertiary/aromatic N) is 2. The SMILES string of the molecule is CCc1ccccc1N(CN1C(=O)[C@H]2[C@@H]3C=C[C@H]([C@H]4C[C@H]34)[C@@H]2C1=O)C(=O)C(F)(F)F. The second kappa shape index (κ2) is 6.43. The lowest BCUT2D eigenvalue weighted by Gasteiger charge is -2.37. The van der Waals surface area contributed by atoms with Crippen molar-refractivity contribution in [2.75, 3.05) is 11.6 Å². The van der Waals surface area contributed by atoms with E-state index in [0.29, 0.717) is 28.7 Å². The predicted molar refractivity (Wildman–Crippen MR) is 101 cm³/mol. The van der Waals surface area contributed by atoms with Crippen LogP contribution in [0.3, 0.4) is 0 Å². The van der Waals surface area contributed by atoms with Crippen LogP contribution in [0.25, 0.3) is 0 Å². The third kappa shape index (κ3) is 2.65. The van der Waals surface area contributed by atoms with Crippen LogP contribution in [-0.4, -0.2) is 35.5 Å². The van der Waals surface area contributed by atoms with Gasteiger partial charge in [0.1, 0.15) is 6.67 Å². The highest BCUT2D eigenvalue weighted by molar-refractivity contribution is 6.07. The van der Waals surface area contributed by atoms with Crippen molar-refractivity contribution in [2.45, 2.75) is 25.9 Å². The van der Waals surface area contributed by atoms with Crippen molar-refractivity contribution in [2.24, 2.45) is 35.5 Å². The minimum absolute atomic E-state index is 0.0267. The van der Waals surface area contributed by atoms with Gasteiger partial charge in [0.05, 0.1) is 11.8 Å². The Morgan fingerprint density at radius 2 is 1.63 bits per heavy atom. The summed E-state index contributed by atoms with van der Waals surface area (Å²) < 4.78 is 40.2. The predicted octanol–water partition coefficient (Wildman–Crippen LogP) is 3.15. The van der Waals surface area contributed by atoms with Crippen LogP contribution in [0.2, 0.25) is 0 Å². The molecule has 2 bridgehead atoms. The minimum atomic E-state index is -5.12. The number of alkyl halides is 3. The molecule has 1 heterocycles. The van der Waals surface area contributed by atoms with Crippen molar-refractivity contribution in [1.82, 2.24) is 4.90 Å². The number of hydrogen-bond acceptors (Lipinski definition) is 3. The Bertz CT molecular complexity index is 937. The molecule has 0 aromatic heterocycles. The van der Waals surface area contributed by atoms with Gasteiger partial charge in [-0.3, -0.25) is 24.2 Å². The lowest BCUT2D eigenvalue weighted by atomic mass is 9.63. The van der Waals surface area contributed by atoms with Gasteiger partial charge in [0.15, 0.2) is 0 Å². The highest BCUT2D eigenvalue weighted by atomic mass is 19.4. The molecule has 1 aromatic rings. The molecule has 1 saturated heterocycles. The molecule has 30 heavy (non-hydrogen) atoms. The highest BCUT2D eigenvalue weighted by Gasteiger charge is 2.67. The number of carbonyl (C=O) groups is 3. The molecule has 3 amide bonds. The van der Waals surface area contributed by atoms with Gasteiger partial charge in [-0.15, -0.1) is 0 Å². The van der Waals surface area contributed by atoms with Crippen molar-refractivity contribution in [3.05, 3.63) is 42.0 Å². The summed E-state index contributed by atoms with van der Waals surface area (Å²) in [6, 6.07) is 6.27. The topological polar surface area (TPSA) is 57.7 Å². The fraction of sp³-hybridized carbons (Fsp3) is 0.500. The summed E-state index contributed by atoms with van der Waals surface area (Å²) in [5.74, 6) is -3.28. The van der Waals surface area contributed by atoms with E-state index in [1.165, 1.54) is 12.1 Å². The molecule has 0 radical (unpaired) electrons. The molecule has 1 aliphatic heterocycles. The molecular weight excluding hydrogens is 397 g/mol. The maximum atomic E-state index is 13.4. The number of likely N-dealkylation sites (tertiary alicyclic amines) is 1. The lowest BCUT2D eigenvalue weighted by Crippen LogP contribution is -2.49. The van der Waals surface area contributed by atoms with Gasteiger partial charge in [-0.05, 0) is 48.1 Å². The molecule has 5 aliphatic rings. The number of amides is 3. The van der Waals surface area contributed by atoms with E-state index < -0.39 is 42.4 Å². The Morgan fingerprint density at radius 3 is 2.17 bits per heavy atom. The van der Waals surface area contributed by atoms with Crippen LogP contribution in [0.4, 0.5) is 18.9 Å². The third-order valence-electron chi connectivity index (χ3n) is 7.19. The number of anilines is 1. The zero-order chi connectivity index (χ0) is 21.4. The molecule has 0 N–H and O–H groups in total. The summed E-state index contributed by atoms with van der Waals surface area (Å²) in [5.41, 5.74) is 0.608. The van der Waals surface area contributed by atoms with Gasteiger partial charge in [0, 0.05) is 5.69 Å². The van der Waals surface area contributed by atoms with E-state index in [1.807, 2.05) is 12.2 Å². The first-order valence-corrected chi connectivity index (χ1v) is 10.2. The Morgan fingerprint density at radius 1 is 1.07 bits per heavy atom. The number of imide groups is 1. The molecule has 1 aromatic carbocycles. The minimum Gasteiger partial charge on any atom is -0.286 e. The third-order valence-corrected chi connectivity index (χ3v) is 7.19. The van der Waals surface area contributed by atoms with Crippen LogP contribution >= 0.6 is 0 Å². The molecule has 3 fully saturated rings. The summed E-state index contributed by atoms with van der Waals surface area (Å²) in [6.07, 6.45) is 0.280. The smallest absolute Gasteiger partial charge is 0.286 e. The zero-order valence-corrected chi connectivity index (χ0v) is 16.3. The van der Waals surface area contributed by atoms with Gasteiger partial charge in [-0.25, -0.2) is 0 Å². The number of carbonyl (C=O) groups excluding carboxylic acids is 3. The van der Waals surface area contributed by atoms with Crippen LogP contribution in [0.15, 0.2) is 36.4 Å². The number of rotatable bonds is 4. The first-order chi connectivity index (χ1) is 14.2. The van der Waals surface area contributed by atoms with E-state index in [1.54, 1.807) is 19.1 Å². The standard InChI is InChI=1S/C22H21F3N2O3/c1-2-11-5-3-4-6-16(11)26(21(30)22(23,24)25)10-27-19(28)17-12-7-8-13(15-9-14(12)15)18(17)20(27)29/h3-8,12-15,17-18H,2,9-10H2,1H3/t12-,13-,14-,15-,17+,18+/m1/s1. The first kappa shape index (κ1) is 19.3. The molecule has 6 atom stereocenters. The van der Waals surface area contributed by atoms with Crippen LogP contribution < -0.4 is 4.90 Å². The molecule has 4 aliphatic carbocycles. The highest BCUT2D eigenvalue weighted by Crippen LogP contribution is 2.65. The first-order valence-electron chi connectivity index (χ1n) is 10.2. The average molecular weight is 418 g/mol. The van der Waals surface area contributed by atoms with Crippen molar-refractivity contribution >= 4 is 23.4 Å². The maximum Gasteiger partial charge on any atom is 0.471 e. The Labute approximate surface area is 171 Å². The van der Waals surface area contributed by atoms with E-state index in [2.05, 4.69) is 0 Å². The van der Waals surface area contributed by atoms with Gasteiger partial charge in [-0.1, -0.05) is 37.3 Å². The average Bonchev–Trinajstić information content (AvgIpc) is 3.51. The monoisotopic (exact) mass is 418 g/mol. The van der Waals surface area contributed by atoms with Crippen molar-refractivity contribution < 1.29 is 27.6 Å². The number of aryl methyl sites for hydroxylation is 1. The second-order valence-corrected chi connectivity index (χ2v) is 8.61. The van der Waals surface area contributed by atoms with E-state index in [9.17, 15) is 27.6 Å². The fourth-order valence-electron chi connectivity index (χ4n) is 5.78. The molecule has 0 unspecified atom stereocenters. The van der Waals surface area contributed by atoms with Gasteiger partial charge < -0.3 is 0 Å². The number of benzene rings is 1. The van der Waals surface area contributed by atoms with Crippen LogP contribution in [0, 0.1) is 35.5 Å². The van der Waals surface area contributed by atoms with E-state index in [-0.39, 0.29) is 17.5 Å². The van der Waals surface area contributed by atoms with Gasteiger partial charge >= 0.3 is 12.1 Å². The van der Waals surface area contributed by atoms with Gasteiger partial charge in [0.25, 0.3) is 0 Å². The molecular formula is C22H21F3N2O3. The van der Waals surface area contributed by atoms with E-state index in [0.717, 1.165) is 11.3 Å². The van der Waals surface area contributed by atoms with E-state index in [4.69, 9.17) is 0 Å². The summed E-state index contributed by atoms with van der Waals surface area (Å²) >= 11 is 0. The summed E-state index contributed by atoms with van der Waals surface area (Å²) in [6.45, 7) is 1.06.